The quantitative estimate of drug-likeness (QED) is 0.478. The Bertz CT molecular complexity index is 1350. The van der Waals surface area contributed by atoms with Gasteiger partial charge in [-0.2, -0.15) is 0 Å². The van der Waals surface area contributed by atoms with E-state index < -0.39 is 12.0 Å². The largest absolute Gasteiger partial charge is 0.464 e. The highest BCUT2D eigenvalue weighted by Gasteiger charge is 2.18. The molecule has 0 saturated carbocycles. The predicted octanol–water partition coefficient (Wildman–Crippen LogP) is 1.39. The van der Waals surface area contributed by atoms with Gasteiger partial charge in [0.05, 0.1) is 16.9 Å². The number of nitrogens with two attached hydrogens (primary N) is 1. The van der Waals surface area contributed by atoms with Crippen molar-refractivity contribution in [1.29, 1.82) is 0 Å². The molecule has 0 saturated heterocycles. The zero-order valence-corrected chi connectivity index (χ0v) is 15.3. The molecule has 0 atom stereocenters. The molecule has 0 unspecified atom stereocenters. The van der Waals surface area contributed by atoms with Crippen LogP contribution >= 0.6 is 0 Å². The van der Waals surface area contributed by atoms with Gasteiger partial charge in [-0.25, -0.2) is 14.3 Å². The Labute approximate surface area is 163 Å². The Morgan fingerprint density at radius 3 is 2.83 bits per heavy atom. The fourth-order valence-corrected chi connectivity index (χ4v) is 3.13. The minimum atomic E-state index is -1.17. The molecule has 0 aliphatic heterocycles. The molecule has 0 aromatic carbocycles. The zero-order chi connectivity index (χ0) is 20.7. The van der Waals surface area contributed by atoms with Gasteiger partial charge in [0.2, 0.25) is 0 Å². The van der Waals surface area contributed by atoms with Crippen molar-refractivity contribution in [2.45, 2.75) is 13.5 Å². The van der Waals surface area contributed by atoms with Gasteiger partial charge in [-0.3, -0.25) is 19.0 Å². The van der Waals surface area contributed by atoms with Gasteiger partial charge in [-0.05, 0) is 30.7 Å². The van der Waals surface area contributed by atoms with Crippen molar-refractivity contribution in [2.75, 3.05) is 5.73 Å². The number of hydrogen-bond acceptors (Lipinski definition) is 6. The van der Waals surface area contributed by atoms with Crippen molar-refractivity contribution in [1.82, 2.24) is 24.3 Å². The minimum absolute atomic E-state index is 0.00997. The van der Waals surface area contributed by atoms with Crippen molar-refractivity contribution in [2.24, 2.45) is 0 Å². The van der Waals surface area contributed by atoms with E-state index in [0.29, 0.717) is 33.6 Å². The summed E-state index contributed by atoms with van der Waals surface area (Å²) in [6.07, 6.45) is 1.90. The summed E-state index contributed by atoms with van der Waals surface area (Å²) in [5.41, 5.74) is 7.87. The zero-order valence-electron chi connectivity index (χ0n) is 15.3. The number of fused-ring (bicyclic) bond motifs is 2. The molecule has 1 amide bonds. The SMILES string of the molecule is Cc1c(N)c2ncc(CNC(=O)c3cc(=O)n4ccccc4n3)cc2n1C(=O)O. The summed E-state index contributed by atoms with van der Waals surface area (Å²) >= 11 is 0. The first-order valence-electron chi connectivity index (χ1n) is 8.62. The van der Waals surface area contributed by atoms with Crippen molar-refractivity contribution in [3.63, 3.8) is 0 Å². The second-order valence-corrected chi connectivity index (χ2v) is 6.42. The molecule has 10 nitrogen and oxygen atoms in total. The Hall–Kier alpha value is -4.21. The van der Waals surface area contributed by atoms with E-state index in [9.17, 15) is 19.5 Å². The molecule has 4 aromatic heterocycles. The number of anilines is 1. The lowest BCUT2D eigenvalue weighted by Gasteiger charge is -2.07. The third-order valence-electron chi connectivity index (χ3n) is 4.59. The summed E-state index contributed by atoms with van der Waals surface area (Å²) in [7, 11) is 0. The summed E-state index contributed by atoms with van der Waals surface area (Å²) in [6, 6.07) is 7.80. The maximum Gasteiger partial charge on any atom is 0.416 e. The van der Waals surface area contributed by atoms with E-state index in [1.54, 1.807) is 37.4 Å². The molecule has 4 rings (SSSR count). The lowest BCUT2D eigenvalue weighted by Crippen LogP contribution is -2.27. The number of carbonyl (C=O) groups excluding carboxylic acids is 1. The first-order valence-corrected chi connectivity index (χ1v) is 8.62. The molecule has 0 aliphatic carbocycles. The number of amides is 1. The van der Waals surface area contributed by atoms with Crippen LogP contribution in [-0.2, 0) is 6.54 Å². The van der Waals surface area contributed by atoms with Crippen molar-refractivity contribution in [3.8, 4) is 0 Å². The van der Waals surface area contributed by atoms with Crippen LogP contribution < -0.4 is 16.6 Å². The van der Waals surface area contributed by atoms with Crippen LogP contribution in [0.1, 0.15) is 21.7 Å². The third-order valence-corrected chi connectivity index (χ3v) is 4.59. The second kappa shape index (κ2) is 6.75. The fourth-order valence-electron chi connectivity index (χ4n) is 3.13. The highest BCUT2D eigenvalue weighted by molar-refractivity contribution is 5.97. The Kier molecular flexibility index (Phi) is 4.23. The summed E-state index contributed by atoms with van der Waals surface area (Å²) in [5.74, 6) is -0.530. The maximum absolute atomic E-state index is 12.4. The number of rotatable bonds is 3. The smallest absolute Gasteiger partial charge is 0.416 e. The van der Waals surface area contributed by atoms with Gasteiger partial charge < -0.3 is 16.2 Å². The number of hydrogen-bond donors (Lipinski definition) is 3. The number of nitrogens with one attached hydrogen (secondary N) is 1. The van der Waals surface area contributed by atoms with Gasteiger partial charge in [-0.1, -0.05) is 6.07 Å². The molecular formula is C19H16N6O4. The summed E-state index contributed by atoms with van der Waals surface area (Å²) in [5, 5.41) is 12.1. The first kappa shape index (κ1) is 18.2. The molecule has 29 heavy (non-hydrogen) atoms. The molecule has 4 heterocycles. The van der Waals surface area contributed by atoms with Gasteiger partial charge >= 0.3 is 6.09 Å². The number of pyridine rings is 2. The van der Waals surface area contributed by atoms with Crippen molar-refractivity contribution >= 4 is 34.4 Å². The standard InChI is InChI=1S/C19H16N6O4/c1-10-16(20)17-13(25(10)19(28)29)6-11(8-21-17)9-22-18(27)12-7-15(26)24-5-3-2-4-14(24)23-12/h2-8H,9,20H2,1H3,(H,22,27)(H,28,29). The normalized spacial score (nSPS) is 11.1. The van der Waals surface area contributed by atoms with E-state index in [1.165, 1.54) is 10.6 Å². The van der Waals surface area contributed by atoms with Crippen LogP contribution in [0.3, 0.4) is 0 Å². The first-order chi connectivity index (χ1) is 13.9. The van der Waals surface area contributed by atoms with Crippen molar-refractivity contribution in [3.05, 3.63) is 70.0 Å². The van der Waals surface area contributed by atoms with Crippen LogP contribution in [0.4, 0.5) is 10.5 Å². The van der Waals surface area contributed by atoms with Crippen LogP contribution in [0.2, 0.25) is 0 Å². The van der Waals surface area contributed by atoms with E-state index in [0.717, 1.165) is 10.6 Å². The van der Waals surface area contributed by atoms with Gasteiger partial charge in [0.25, 0.3) is 11.5 Å². The summed E-state index contributed by atoms with van der Waals surface area (Å²) in [6.45, 7) is 1.66. The van der Waals surface area contributed by atoms with Gasteiger partial charge in [0, 0.05) is 25.0 Å². The fraction of sp³-hybridized carbons (Fsp3) is 0.105. The molecule has 0 bridgehead atoms. The van der Waals surface area contributed by atoms with E-state index >= 15 is 0 Å². The molecule has 0 spiro atoms. The molecule has 10 heteroatoms. The monoisotopic (exact) mass is 392 g/mol. The number of nitrogens with zero attached hydrogens (tertiary/aromatic N) is 4. The van der Waals surface area contributed by atoms with Crippen LogP contribution in [-0.4, -0.2) is 36.0 Å². The molecule has 146 valence electrons. The highest BCUT2D eigenvalue weighted by atomic mass is 16.4. The third kappa shape index (κ3) is 3.06. The minimum Gasteiger partial charge on any atom is -0.464 e. The lowest BCUT2D eigenvalue weighted by molar-refractivity contribution is 0.0945. The average Bonchev–Trinajstić information content (AvgIpc) is 2.96. The maximum atomic E-state index is 12.4. The van der Waals surface area contributed by atoms with E-state index in [4.69, 9.17) is 5.73 Å². The number of nitrogen functional groups attached to an aromatic ring is 1. The summed E-state index contributed by atoms with van der Waals surface area (Å²) < 4.78 is 2.39. The van der Waals surface area contributed by atoms with Crippen molar-refractivity contribution < 1.29 is 14.7 Å². The Morgan fingerprint density at radius 2 is 2.07 bits per heavy atom. The van der Waals surface area contributed by atoms with Gasteiger partial charge in [0.1, 0.15) is 16.9 Å². The predicted molar refractivity (Wildman–Crippen MR) is 105 cm³/mol. The molecule has 4 aromatic rings. The van der Waals surface area contributed by atoms with Crippen LogP contribution in [0.15, 0.2) is 47.5 Å². The highest BCUT2D eigenvalue weighted by Crippen LogP contribution is 2.26. The Morgan fingerprint density at radius 1 is 1.28 bits per heavy atom. The molecule has 0 radical (unpaired) electrons. The van der Waals surface area contributed by atoms with Crippen LogP contribution in [0.5, 0.6) is 0 Å². The van der Waals surface area contributed by atoms with E-state index in [2.05, 4.69) is 15.3 Å². The number of carboxylic acid groups (broad SMARTS) is 1. The topological polar surface area (TPSA) is 145 Å². The molecule has 0 aliphatic rings. The van der Waals surface area contributed by atoms with Crippen LogP contribution in [0, 0.1) is 6.92 Å². The molecule has 4 N–H and O–H groups in total. The average molecular weight is 392 g/mol. The number of aromatic nitrogens is 4. The molecular weight excluding hydrogens is 376 g/mol. The number of carbonyl (C=O) groups is 2. The van der Waals surface area contributed by atoms with Gasteiger partial charge in [0.15, 0.2) is 0 Å². The second-order valence-electron chi connectivity index (χ2n) is 6.42. The Balaban J connectivity index is 1.61. The van der Waals surface area contributed by atoms with E-state index in [1.807, 2.05) is 0 Å². The lowest BCUT2D eigenvalue weighted by atomic mass is 10.2. The van der Waals surface area contributed by atoms with Crippen LogP contribution in [0.25, 0.3) is 16.7 Å². The van der Waals surface area contributed by atoms with E-state index in [-0.39, 0.29) is 17.8 Å². The summed E-state index contributed by atoms with van der Waals surface area (Å²) in [4.78, 5) is 44.5. The molecule has 0 fully saturated rings. The van der Waals surface area contributed by atoms with Gasteiger partial charge in [-0.15, -0.1) is 0 Å².